The van der Waals surface area contributed by atoms with Gasteiger partial charge in [-0.05, 0) is 31.4 Å². The predicted molar refractivity (Wildman–Crippen MR) is 72.5 cm³/mol. The van der Waals surface area contributed by atoms with Gasteiger partial charge in [0.2, 0.25) is 0 Å². The third-order valence-electron chi connectivity index (χ3n) is 3.17. The third-order valence-corrected chi connectivity index (χ3v) is 3.17. The molecule has 0 atom stereocenters. The number of aliphatic hydroxyl groups excluding tert-OH is 1. The van der Waals surface area contributed by atoms with Crippen LogP contribution in [0.25, 0.3) is 0 Å². The molecule has 1 aromatic rings. The highest BCUT2D eigenvalue weighted by atomic mass is 16.3. The molecule has 0 spiro atoms. The summed E-state index contributed by atoms with van der Waals surface area (Å²) < 4.78 is 0. The Morgan fingerprint density at radius 2 is 2.00 bits per heavy atom. The zero-order valence-corrected chi connectivity index (χ0v) is 10.2. The molecule has 17 heavy (non-hydrogen) atoms. The number of piperidine rings is 1. The molecule has 0 radical (unpaired) electrons. The molecule has 2 rings (SSSR count). The van der Waals surface area contributed by atoms with Gasteiger partial charge in [0.15, 0.2) is 0 Å². The zero-order valence-electron chi connectivity index (χ0n) is 10.2. The molecule has 0 aliphatic carbocycles. The summed E-state index contributed by atoms with van der Waals surface area (Å²) in [6.07, 6.45) is 3.77. The third kappa shape index (κ3) is 2.82. The molecule has 1 saturated heterocycles. The van der Waals surface area contributed by atoms with Crippen LogP contribution in [0.3, 0.4) is 0 Å². The number of nitrogens with zero attached hydrogens (tertiary/aromatic N) is 1. The van der Waals surface area contributed by atoms with Crippen LogP contribution < -0.4 is 16.0 Å². The Morgan fingerprint density at radius 3 is 2.71 bits per heavy atom. The fourth-order valence-corrected chi connectivity index (χ4v) is 2.37. The van der Waals surface area contributed by atoms with Crippen molar-refractivity contribution >= 4 is 17.1 Å². The Kier molecular flexibility index (Phi) is 4.09. The van der Waals surface area contributed by atoms with E-state index >= 15 is 0 Å². The van der Waals surface area contributed by atoms with Gasteiger partial charge in [-0.25, -0.2) is 0 Å². The summed E-state index contributed by atoms with van der Waals surface area (Å²) in [5, 5.41) is 12.1. The first-order valence-electron chi connectivity index (χ1n) is 6.31. The molecular formula is C13H21N3O. The maximum absolute atomic E-state index is 8.89. The Balaban J connectivity index is 2.22. The quantitative estimate of drug-likeness (QED) is 0.695. The molecule has 1 aliphatic rings. The molecule has 0 bridgehead atoms. The molecule has 0 saturated carbocycles. The van der Waals surface area contributed by atoms with Crippen molar-refractivity contribution in [2.24, 2.45) is 0 Å². The van der Waals surface area contributed by atoms with Gasteiger partial charge in [0.05, 0.1) is 23.7 Å². The van der Waals surface area contributed by atoms with Crippen LogP contribution in [0.15, 0.2) is 18.2 Å². The monoisotopic (exact) mass is 235 g/mol. The van der Waals surface area contributed by atoms with Gasteiger partial charge < -0.3 is 21.1 Å². The first-order chi connectivity index (χ1) is 8.33. The second kappa shape index (κ2) is 5.77. The van der Waals surface area contributed by atoms with Gasteiger partial charge in [-0.1, -0.05) is 6.07 Å². The number of hydrogen-bond donors (Lipinski definition) is 3. The van der Waals surface area contributed by atoms with Gasteiger partial charge >= 0.3 is 0 Å². The van der Waals surface area contributed by atoms with E-state index in [0.29, 0.717) is 6.54 Å². The van der Waals surface area contributed by atoms with Crippen LogP contribution >= 0.6 is 0 Å². The molecule has 1 aliphatic heterocycles. The van der Waals surface area contributed by atoms with Gasteiger partial charge in [0.1, 0.15) is 0 Å². The fraction of sp³-hybridized carbons (Fsp3) is 0.538. The van der Waals surface area contributed by atoms with Crippen molar-refractivity contribution < 1.29 is 5.11 Å². The lowest BCUT2D eigenvalue weighted by Crippen LogP contribution is -2.31. The maximum Gasteiger partial charge on any atom is 0.0835 e. The Labute approximate surface area is 102 Å². The second-order valence-corrected chi connectivity index (χ2v) is 4.44. The lowest BCUT2D eigenvalue weighted by atomic mass is 10.1. The molecule has 1 aromatic carbocycles. The second-order valence-electron chi connectivity index (χ2n) is 4.44. The number of nitrogen functional groups attached to an aromatic ring is 1. The van der Waals surface area contributed by atoms with E-state index in [1.54, 1.807) is 0 Å². The molecule has 4 N–H and O–H groups in total. The van der Waals surface area contributed by atoms with E-state index in [-0.39, 0.29) is 6.61 Å². The molecule has 0 aromatic heterocycles. The van der Waals surface area contributed by atoms with Gasteiger partial charge in [0.25, 0.3) is 0 Å². The highest BCUT2D eigenvalue weighted by Gasteiger charge is 2.16. The smallest absolute Gasteiger partial charge is 0.0835 e. The summed E-state index contributed by atoms with van der Waals surface area (Å²) >= 11 is 0. The Hall–Kier alpha value is -1.42. The van der Waals surface area contributed by atoms with Crippen molar-refractivity contribution in [3.63, 3.8) is 0 Å². The summed E-state index contributed by atoms with van der Waals surface area (Å²) in [7, 11) is 0. The molecule has 4 heteroatoms. The summed E-state index contributed by atoms with van der Waals surface area (Å²) in [6, 6.07) is 5.91. The molecule has 0 amide bonds. The van der Waals surface area contributed by atoms with E-state index in [1.807, 2.05) is 18.2 Å². The van der Waals surface area contributed by atoms with Gasteiger partial charge in [-0.15, -0.1) is 0 Å². The van der Waals surface area contributed by atoms with Gasteiger partial charge in [0, 0.05) is 19.6 Å². The van der Waals surface area contributed by atoms with Crippen LogP contribution in [0.1, 0.15) is 19.3 Å². The number of rotatable bonds is 4. The number of anilines is 3. The van der Waals surface area contributed by atoms with Crippen LogP contribution in [-0.2, 0) is 0 Å². The van der Waals surface area contributed by atoms with E-state index in [2.05, 4.69) is 10.2 Å². The average Bonchev–Trinajstić information content (AvgIpc) is 2.37. The van der Waals surface area contributed by atoms with Crippen molar-refractivity contribution in [1.29, 1.82) is 0 Å². The zero-order chi connectivity index (χ0) is 12.1. The first-order valence-corrected chi connectivity index (χ1v) is 6.31. The molecule has 94 valence electrons. The minimum atomic E-state index is 0.133. The summed E-state index contributed by atoms with van der Waals surface area (Å²) in [5.74, 6) is 0. The SMILES string of the molecule is Nc1cccc(NCCO)c1N1CCCCC1. The predicted octanol–water partition coefficient (Wildman–Crippen LogP) is 1.66. The van der Waals surface area contributed by atoms with Crippen molar-refractivity contribution in [2.45, 2.75) is 19.3 Å². The largest absolute Gasteiger partial charge is 0.397 e. The minimum absolute atomic E-state index is 0.133. The first kappa shape index (κ1) is 12.0. The van der Waals surface area contributed by atoms with E-state index in [9.17, 15) is 0 Å². The summed E-state index contributed by atoms with van der Waals surface area (Å²) in [4.78, 5) is 2.35. The van der Waals surface area contributed by atoms with Gasteiger partial charge in [-0.2, -0.15) is 0 Å². The number of nitrogens with two attached hydrogens (primary N) is 1. The van der Waals surface area contributed by atoms with Crippen LogP contribution in [0.4, 0.5) is 17.1 Å². The number of aliphatic hydroxyl groups is 1. The van der Waals surface area contributed by atoms with Crippen molar-refractivity contribution in [3.8, 4) is 0 Å². The average molecular weight is 235 g/mol. The Bertz CT molecular complexity index is 362. The molecular weight excluding hydrogens is 214 g/mol. The van der Waals surface area contributed by atoms with Crippen molar-refractivity contribution in [1.82, 2.24) is 0 Å². The standard InChI is InChI=1S/C13H21N3O/c14-11-5-4-6-12(15-7-10-17)13(11)16-8-2-1-3-9-16/h4-6,15,17H,1-3,7-10,14H2. The lowest BCUT2D eigenvalue weighted by Gasteiger charge is -2.31. The lowest BCUT2D eigenvalue weighted by molar-refractivity contribution is 0.311. The highest BCUT2D eigenvalue weighted by Crippen LogP contribution is 2.33. The molecule has 4 nitrogen and oxygen atoms in total. The Morgan fingerprint density at radius 1 is 1.24 bits per heavy atom. The van der Waals surface area contributed by atoms with Crippen molar-refractivity contribution in [2.75, 3.05) is 42.2 Å². The number of benzene rings is 1. The fourth-order valence-electron chi connectivity index (χ4n) is 2.37. The van der Waals surface area contributed by atoms with Gasteiger partial charge in [-0.3, -0.25) is 0 Å². The van der Waals surface area contributed by atoms with Crippen LogP contribution in [0, 0.1) is 0 Å². The number of para-hydroxylation sites is 1. The van der Waals surface area contributed by atoms with E-state index < -0.39 is 0 Å². The molecule has 0 unspecified atom stereocenters. The summed E-state index contributed by atoms with van der Waals surface area (Å²) in [5.41, 5.74) is 9.02. The number of hydrogen-bond acceptors (Lipinski definition) is 4. The van der Waals surface area contributed by atoms with Crippen LogP contribution in [-0.4, -0.2) is 31.3 Å². The van der Waals surface area contributed by atoms with Crippen LogP contribution in [0.2, 0.25) is 0 Å². The molecule has 1 heterocycles. The maximum atomic E-state index is 8.89. The highest BCUT2D eigenvalue weighted by molar-refractivity contribution is 5.82. The molecule has 1 fully saturated rings. The number of nitrogens with one attached hydrogen (secondary N) is 1. The minimum Gasteiger partial charge on any atom is -0.397 e. The van der Waals surface area contributed by atoms with E-state index in [4.69, 9.17) is 10.8 Å². The van der Waals surface area contributed by atoms with Crippen molar-refractivity contribution in [3.05, 3.63) is 18.2 Å². The normalized spacial score (nSPS) is 15.9. The van der Waals surface area contributed by atoms with E-state index in [0.717, 1.165) is 30.2 Å². The van der Waals surface area contributed by atoms with Crippen LogP contribution in [0.5, 0.6) is 0 Å². The van der Waals surface area contributed by atoms with E-state index in [1.165, 1.54) is 19.3 Å². The topological polar surface area (TPSA) is 61.5 Å². The summed E-state index contributed by atoms with van der Waals surface area (Å²) in [6.45, 7) is 2.84.